The molecular weight excluding hydrogens is 780 g/mol. The van der Waals surface area contributed by atoms with Crippen LogP contribution in [0.3, 0.4) is 0 Å². The van der Waals surface area contributed by atoms with E-state index in [4.69, 9.17) is 33.0 Å². The number of carboxylic acid groups (broad SMARTS) is 1. The van der Waals surface area contributed by atoms with E-state index in [0.29, 0.717) is 58.3 Å². The van der Waals surface area contributed by atoms with Crippen molar-refractivity contribution in [3.63, 3.8) is 0 Å². The predicted octanol–water partition coefficient (Wildman–Crippen LogP) is 6.75. The molecular formula is C39H35Cl2F3N4O8. The minimum Gasteiger partial charge on any atom is -0.508 e. The number of aromatic hydroxyl groups is 1. The zero-order valence-electron chi connectivity index (χ0n) is 29.7. The number of imide groups is 2. The maximum absolute atomic E-state index is 15.3. The summed E-state index contributed by atoms with van der Waals surface area (Å²) in [4.78, 5) is 74.2. The number of amides is 4. The number of likely N-dealkylation sites (tertiary alicyclic amines) is 1. The van der Waals surface area contributed by atoms with E-state index in [9.17, 15) is 37.5 Å². The number of carbonyl (C=O) groups excluding carboxylic acids is 4. The van der Waals surface area contributed by atoms with Crippen LogP contribution >= 0.6 is 23.2 Å². The molecule has 7 rings (SSSR count). The molecule has 1 saturated carbocycles. The summed E-state index contributed by atoms with van der Waals surface area (Å²) >= 11 is 12.6. The van der Waals surface area contributed by atoms with Crippen LogP contribution in [0.15, 0.2) is 66.4 Å². The highest BCUT2D eigenvalue weighted by Crippen LogP contribution is 2.65. The number of carboxylic acids is 1. The fourth-order valence-electron chi connectivity index (χ4n) is 9.07. The number of hydrogen-bond donors (Lipinski definition) is 3. The first-order chi connectivity index (χ1) is 26.6. The third-order valence-electron chi connectivity index (χ3n) is 11.4. The van der Waals surface area contributed by atoms with Gasteiger partial charge in [0, 0.05) is 41.7 Å². The van der Waals surface area contributed by atoms with Gasteiger partial charge in [-0.3, -0.25) is 34.3 Å². The monoisotopic (exact) mass is 814 g/mol. The minimum atomic E-state index is -4.77. The van der Waals surface area contributed by atoms with Gasteiger partial charge in [0.25, 0.3) is 11.8 Å². The number of aromatic nitrogens is 1. The van der Waals surface area contributed by atoms with Gasteiger partial charge in [-0.05, 0) is 61.4 Å². The summed E-state index contributed by atoms with van der Waals surface area (Å²) in [5.74, 6) is -8.36. The number of allylic oxidation sites excluding steroid dienone is 2. The van der Waals surface area contributed by atoms with Gasteiger partial charge >= 0.3 is 12.1 Å². The first kappa shape index (κ1) is 39.1. The first-order valence-corrected chi connectivity index (χ1v) is 18.6. The Labute approximate surface area is 328 Å². The average molecular weight is 816 g/mol. The van der Waals surface area contributed by atoms with E-state index in [1.165, 1.54) is 24.1 Å². The molecule has 294 valence electrons. The van der Waals surface area contributed by atoms with Crippen LogP contribution in [0.2, 0.25) is 10.0 Å². The number of nitrogens with one attached hydrogen (secondary N) is 1. The standard InChI is InChI=1S/C39H35Cl2F3N4O8/c1-56-29-16-22(49)10-11-24(29)32-23-12-13-25-31(36(54)47(34(25)52)14-4-2-3-5-30(50)51)26(23)17-27-35(53)48(37(55)38(27,32)19-6-8-21(40)9-7-19)46-33-28(41)15-20(18-45-33)39(42,43)44/h6-12,15-16,18,25-27,31-32,49H,2-5,13-14,17H2,1H3,(H,45,46)(H,50,51)/t25-,26+,27-,31-,32+,38+/m0/s1. The van der Waals surface area contributed by atoms with Crippen LogP contribution in [-0.4, -0.2) is 68.4 Å². The number of hydrogen-bond acceptors (Lipinski definition) is 9. The van der Waals surface area contributed by atoms with Crippen molar-refractivity contribution in [1.82, 2.24) is 14.9 Å². The molecule has 0 radical (unpaired) electrons. The Morgan fingerprint density at radius 1 is 1.00 bits per heavy atom. The molecule has 3 aromatic rings. The highest BCUT2D eigenvalue weighted by atomic mass is 35.5. The van der Waals surface area contributed by atoms with Crippen LogP contribution in [0.1, 0.15) is 61.1 Å². The largest absolute Gasteiger partial charge is 0.508 e. The molecule has 4 aliphatic rings. The number of fused-ring (bicyclic) bond motifs is 4. The quantitative estimate of drug-likeness (QED) is 0.107. The van der Waals surface area contributed by atoms with Gasteiger partial charge < -0.3 is 14.9 Å². The normalized spacial score (nSPS) is 25.8. The van der Waals surface area contributed by atoms with Gasteiger partial charge in [0.15, 0.2) is 5.82 Å². The number of hydrazine groups is 1. The number of phenolic OH excluding ortho intramolecular Hbond substituents is 1. The molecule has 12 nitrogen and oxygen atoms in total. The fraction of sp³-hybridized carbons (Fsp3) is 0.385. The number of aliphatic carboxylic acids is 1. The Bertz CT molecular complexity index is 2170. The van der Waals surface area contributed by atoms with Crippen LogP contribution in [0.5, 0.6) is 11.5 Å². The minimum absolute atomic E-state index is 0.0406. The Balaban J connectivity index is 1.36. The summed E-state index contributed by atoms with van der Waals surface area (Å²) in [6.45, 7) is 0.0930. The van der Waals surface area contributed by atoms with Crippen LogP contribution in [0.25, 0.3) is 0 Å². The van der Waals surface area contributed by atoms with Gasteiger partial charge in [-0.15, -0.1) is 0 Å². The Morgan fingerprint density at radius 2 is 1.73 bits per heavy atom. The third kappa shape index (κ3) is 6.43. The highest BCUT2D eigenvalue weighted by Gasteiger charge is 2.70. The lowest BCUT2D eigenvalue weighted by Crippen LogP contribution is -2.53. The van der Waals surface area contributed by atoms with Gasteiger partial charge in [0.1, 0.15) is 11.5 Å². The molecule has 3 N–H and O–H groups in total. The number of alkyl halides is 3. The van der Waals surface area contributed by atoms with Gasteiger partial charge in [0.2, 0.25) is 11.8 Å². The van der Waals surface area contributed by atoms with E-state index >= 15 is 4.79 Å². The molecule has 3 fully saturated rings. The maximum Gasteiger partial charge on any atom is 0.417 e. The lowest BCUT2D eigenvalue weighted by atomic mass is 9.49. The van der Waals surface area contributed by atoms with Crippen molar-refractivity contribution in [2.24, 2.45) is 23.7 Å². The van der Waals surface area contributed by atoms with Crippen molar-refractivity contribution in [1.29, 1.82) is 0 Å². The zero-order chi connectivity index (χ0) is 40.3. The Kier molecular flexibility index (Phi) is 10.3. The number of nitrogens with zero attached hydrogens (tertiary/aromatic N) is 3. The van der Waals surface area contributed by atoms with Crippen molar-refractivity contribution in [3.05, 3.63) is 93.1 Å². The smallest absolute Gasteiger partial charge is 0.417 e. The highest BCUT2D eigenvalue weighted by molar-refractivity contribution is 6.33. The molecule has 3 heterocycles. The summed E-state index contributed by atoms with van der Waals surface area (Å²) in [7, 11) is 1.37. The van der Waals surface area contributed by atoms with E-state index in [1.807, 2.05) is 6.08 Å². The number of halogens is 5. The van der Waals surface area contributed by atoms with Crippen LogP contribution < -0.4 is 10.2 Å². The van der Waals surface area contributed by atoms with Gasteiger partial charge in [0.05, 0.1) is 40.9 Å². The van der Waals surface area contributed by atoms with Crippen molar-refractivity contribution in [3.8, 4) is 11.5 Å². The van der Waals surface area contributed by atoms with E-state index in [-0.39, 0.29) is 43.2 Å². The number of unbranched alkanes of at least 4 members (excludes halogenated alkanes) is 2. The van der Waals surface area contributed by atoms with Crippen LogP contribution in [-0.2, 0) is 35.6 Å². The van der Waals surface area contributed by atoms with Crippen LogP contribution in [0.4, 0.5) is 19.0 Å². The molecule has 2 saturated heterocycles. The Morgan fingerprint density at radius 3 is 2.39 bits per heavy atom. The topological polar surface area (TPSA) is 166 Å². The van der Waals surface area contributed by atoms with E-state index in [2.05, 4.69) is 10.4 Å². The molecule has 6 atom stereocenters. The summed E-state index contributed by atoms with van der Waals surface area (Å²) in [6.07, 6.45) is -1.12. The Hall–Kier alpha value is -5.15. The number of ether oxygens (including phenoxy) is 1. The average Bonchev–Trinajstić information content (AvgIpc) is 3.52. The van der Waals surface area contributed by atoms with E-state index in [1.54, 1.807) is 30.3 Å². The van der Waals surface area contributed by atoms with E-state index < -0.39 is 81.3 Å². The maximum atomic E-state index is 15.3. The second-order valence-corrected chi connectivity index (χ2v) is 15.2. The fourth-order valence-corrected chi connectivity index (χ4v) is 9.41. The number of rotatable bonds is 11. The molecule has 0 unspecified atom stereocenters. The molecule has 0 spiro atoms. The third-order valence-corrected chi connectivity index (χ3v) is 12.0. The summed E-state index contributed by atoms with van der Waals surface area (Å²) in [5, 5.41) is 20.0. The number of anilines is 1. The second-order valence-electron chi connectivity index (χ2n) is 14.4. The molecule has 2 aliphatic carbocycles. The molecule has 1 aromatic heterocycles. The SMILES string of the molecule is COc1cc(O)ccc1[C@H]1C2=CC[C@@H]3C(=O)N(CCCCCC(=O)O)C(=O)[C@@H]3[C@@H]2C[C@H]2C(=O)N(Nc3ncc(C(F)(F)F)cc3Cl)C(=O)[C@@]12c1ccc(Cl)cc1. The number of benzene rings is 2. The number of pyridine rings is 1. The molecule has 17 heteroatoms. The lowest BCUT2D eigenvalue weighted by molar-refractivity contribution is -0.141. The first-order valence-electron chi connectivity index (χ1n) is 17.9. The van der Waals surface area contributed by atoms with Gasteiger partial charge in [-0.2, -0.15) is 18.2 Å². The van der Waals surface area contributed by atoms with Crippen molar-refractivity contribution >= 4 is 58.6 Å². The van der Waals surface area contributed by atoms with Crippen LogP contribution in [0, 0.1) is 23.7 Å². The summed E-state index contributed by atoms with van der Waals surface area (Å²) < 4.78 is 46.2. The molecule has 56 heavy (non-hydrogen) atoms. The zero-order valence-corrected chi connectivity index (χ0v) is 31.2. The lowest BCUT2D eigenvalue weighted by Gasteiger charge is -2.50. The molecule has 2 aliphatic heterocycles. The number of phenols is 1. The van der Waals surface area contributed by atoms with E-state index in [0.717, 1.165) is 0 Å². The predicted molar refractivity (Wildman–Crippen MR) is 194 cm³/mol. The molecule has 4 amide bonds. The second kappa shape index (κ2) is 14.7. The molecule has 0 bridgehead atoms. The summed E-state index contributed by atoms with van der Waals surface area (Å²) in [6, 6.07) is 11.3. The molecule has 2 aromatic carbocycles. The summed E-state index contributed by atoms with van der Waals surface area (Å²) in [5.41, 5.74) is 1.00. The number of carbonyl (C=O) groups is 5. The number of methoxy groups -OCH3 is 1. The van der Waals surface area contributed by atoms with Crippen molar-refractivity contribution in [2.75, 3.05) is 19.1 Å². The van der Waals surface area contributed by atoms with Crippen molar-refractivity contribution < 1.29 is 52.1 Å². The van der Waals surface area contributed by atoms with Gasteiger partial charge in [-0.25, -0.2) is 4.98 Å². The van der Waals surface area contributed by atoms with Gasteiger partial charge in [-0.1, -0.05) is 59.5 Å². The van der Waals surface area contributed by atoms with Crippen molar-refractivity contribution in [2.45, 2.75) is 56.0 Å².